The Morgan fingerprint density at radius 1 is 0.552 bits per heavy atom. The molecule has 0 bridgehead atoms. The minimum atomic E-state index is -2.05. The average Bonchev–Trinajstić information content (AvgIpc) is 1.60. The summed E-state index contributed by atoms with van der Waals surface area (Å²) in [5.41, 5.74) is 1.74. The van der Waals surface area contributed by atoms with Crippen LogP contribution < -0.4 is 21.5 Å². The number of esters is 1. The number of carbonyl (C=O) groups is 18. The van der Waals surface area contributed by atoms with E-state index in [1.54, 1.807) is 57.4 Å². The normalized spacial score (nSPS) is 14.0. The van der Waals surface area contributed by atoms with Gasteiger partial charge in [0.1, 0.15) is 25.3 Å². The predicted octanol–water partition coefficient (Wildman–Crippen LogP) is -0.699. The molecule has 4 aromatic rings. The second-order valence-corrected chi connectivity index (χ2v) is 32.5. The molecule has 4 N–H and O–H groups in total. The SMILES string of the molecule is CC[C@@]1(O)C(=O)OCc2c1cc1n(c2=O)Cc2c-1nc1ccccc1c2CCN(C(=O)OCc1ccc(NC(=O)[C@H](C)NC(=O)[C@@H](NC(=O)CCCCCN2C(=O)C=CC2=O)C(C)C)cc1CN(C)C(=O)CN(C)C(=O)CN(C)C(=O)CN(C)C(=O)CN(C)C(=O)CN(C)C(=O)CN(C)C(=O)CN(C)C(=O)CN(C)C(=O)CN(C)C(=O)CN(C)C(C)=O)C(C)C. The number of anilines is 1. The number of pyridine rings is 2. The number of ether oxygens (including phenoxy) is 2. The van der Waals surface area contributed by atoms with Crippen LogP contribution in [0.4, 0.5) is 10.5 Å². The maximum absolute atomic E-state index is 14.5. The van der Waals surface area contributed by atoms with Gasteiger partial charge in [-0.25, -0.2) is 14.6 Å². The summed E-state index contributed by atoms with van der Waals surface area (Å²) in [6.07, 6.45) is 3.32. The van der Waals surface area contributed by atoms with Crippen LogP contribution in [0.2, 0.25) is 0 Å². The molecule has 0 saturated carbocycles. The van der Waals surface area contributed by atoms with E-state index in [1.165, 1.54) is 124 Å². The largest absolute Gasteiger partial charge is 0.458 e. The van der Waals surface area contributed by atoms with Crippen LogP contribution in [0.1, 0.15) is 114 Å². The Morgan fingerprint density at radius 3 is 1.47 bits per heavy atom. The van der Waals surface area contributed by atoms with Crippen molar-refractivity contribution in [1.29, 1.82) is 0 Å². The van der Waals surface area contributed by atoms with Gasteiger partial charge >= 0.3 is 12.1 Å². The highest BCUT2D eigenvalue weighted by atomic mass is 16.6. The number of benzene rings is 2. The predicted molar refractivity (Wildman–Crippen MR) is 453 cm³/mol. The van der Waals surface area contributed by atoms with Gasteiger partial charge in [0.05, 0.1) is 94.5 Å². The Balaban J connectivity index is 0.954. The summed E-state index contributed by atoms with van der Waals surface area (Å²) in [4.78, 5) is 270. The minimum Gasteiger partial charge on any atom is -0.458 e. The number of para-hydroxylation sites is 1. The summed E-state index contributed by atoms with van der Waals surface area (Å²) in [5, 5.41) is 20.5. The van der Waals surface area contributed by atoms with Crippen molar-refractivity contribution in [2.45, 2.75) is 137 Å². The Kier molecular flexibility index (Phi) is 34.7. The quantitative estimate of drug-likeness (QED) is 0.0213. The lowest BCUT2D eigenvalue weighted by atomic mass is 9.86. The van der Waals surface area contributed by atoms with Gasteiger partial charge in [0.25, 0.3) is 17.4 Å². The molecule has 3 atom stereocenters. The number of rotatable bonds is 41. The maximum Gasteiger partial charge on any atom is 0.410 e. The molecular weight excluding hydrogens is 1630 g/mol. The smallest absolute Gasteiger partial charge is 0.410 e. The molecule has 2 aromatic carbocycles. The molecule has 0 fully saturated rings. The number of aromatic nitrogens is 2. The number of amides is 17. The summed E-state index contributed by atoms with van der Waals surface area (Å²) < 4.78 is 12.9. The zero-order valence-electron chi connectivity index (χ0n) is 74.4. The van der Waals surface area contributed by atoms with Crippen LogP contribution in [0.5, 0.6) is 0 Å². The highest BCUT2D eigenvalue weighted by Crippen LogP contribution is 2.41. The molecule has 0 unspecified atom stereocenters. The third-order valence-corrected chi connectivity index (χ3v) is 22.1. The first-order valence-corrected chi connectivity index (χ1v) is 40.9. The van der Waals surface area contributed by atoms with Crippen molar-refractivity contribution in [3.8, 4) is 11.4 Å². The number of fused-ring (bicyclic) bond motifs is 5. The number of unbranched alkanes of at least 4 members (excludes halogenated alkanes) is 2. The van der Waals surface area contributed by atoms with E-state index in [0.717, 1.165) is 59.9 Å². The Bertz CT molecular complexity index is 4930. The van der Waals surface area contributed by atoms with Crippen LogP contribution in [0.25, 0.3) is 22.3 Å². The Morgan fingerprint density at radius 2 is 1.02 bits per heavy atom. The van der Waals surface area contributed by atoms with Crippen LogP contribution >= 0.6 is 0 Å². The molecule has 0 aliphatic carbocycles. The summed E-state index contributed by atoms with van der Waals surface area (Å²) in [6, 6.07) is 11.0. The number of hydrogen-bond donors (Lipinski definition) is 4. The molecule has 2 aromatic heterocycles. The van der Waals surface area contributed by atoms with E-state index < -0.39 is 188 Å². The van der Waals surface area contributed by atoms with Gasteiger partial charge in [-0.3, -0.25) is 86.4 Å². The van der Waals surface area contributed by atoms with Gasteiger partial charge in [0, 0.05) is 151 Å². The van der Waals surface area contributed by atoms with E-state index in [2.05, 4.69) is 16.0 Å². The van der Waals surface area contributed by atoms with Crippen molar-refractivity contribution in [3.63, 3.8) is 0 Å². The van der Waals surface area contributed by atoms with E-state index in [4.69, 9.17) is 14.5 Å². The summed E-state index contributed by atoms with van der Waals surface area (Å²) >= 11 is 0. The molecule has 678 valence electrons. The second-order valence-electron chi connectivity index (χ2n) is 32.5. The van der Waals surface area contributed by atoms with E-state index >= 15 is 0 Å². The third-order valence-electron chi connectivity index (χ3n) is 22.1. The fourth-order valence-corrected chi connectivity index (χ4v) is 13.7. The highest BCUT2D eigenvalue weighted by Gasteiger charge is 2.46. The Labute approximate surface area is 725 Å². The maximum atomic E-state index is 14.5. The minimum absolute atomic E-state index is 0.0461. The monoisotopic (exact) mass is 1740 g/mol. The molecule has 5 heterocycles. The fraction of sp³-hybridized carbons (Fsp3) is 0.529. The van der Waals surface area contributed by atoms with Crippen molar-refractivity contribution < 1.29 is 101 Å². The van der Waals surface area contributed by atoms with E-state index in [0.29, 0.717) is 52.9 Å². The molecule has 7 rings (SSSR count). The molecule has 40 nitrogen and oxygen atoms in total. The van der Waals surface area contributed by atoms with Crippen molar-refractivity contribution in [2.75, 3.05) is 161 Å². The van der Waals surface area contributed by atoms with Gasteiger partial charge in [0.2, 0.25) is 82.7 Å². The fourth-order valence-electron chi connectivity index (χ4n) is 13.7. The zero-order valence-corrected chi connectivity index (χ0v) is 74.4. The van der Waals surface area contributed by atoms with E-state index in [-0.39, 0.29) is 94.5 Å². The number of imide groups is 1. The van der Waals surface area contributed by atoms with Crippen molar-refractivity contribution >= 4 is 123 Å². The number of nitrogens with one attached hydrogen (secondary N) is 3. The molecule has 0 radical (unpaired) electrons. The van der Waals surface area contributed by atoms with Crippen LogP contribution in [-0.2, 0) is 129 Å². The van der Waals surface area contributed by atoms with Crippen LogP contribution in [0, 0.1) is 5.92 Å². The third kappa shape index (κ3) is 25.8. The van der Waals surface area contributed by atoms with Gasteiger partial charge < -0.3 is 93.9 Å². The van der Waals surface area contributed by atoms with Gasteiger partial charge in [-0.05, 0) is 93.3 Å². The van der Waals surface area contributed by atoms with Crippen LogP contribution in [0.15, 0.2) is 65.5 Å². The highest BCUT2D eigenvalue weighted by molar-refractivity contribution is 6.13. The van der Waals surface area contributed by atoms with Gasteiger partial charge in [0.15, 0.2) is 5.60 Å². The molecule has 3 aliphatic rings. The molecule has 125 heavy (non-hydrogen) atoms. The lowest BCUT2D eigenvalue weighted by Gasteiger charge is -2.31. The molecule has 17 amide bonds. The van der Waals surface area contributed by atoms with Gasteiger partial charge in [-0.15, -0.1) is 0 Å². The second kappa shape index (κ2) is 43.8. The molecular formula is C85H116N18O22. The first kappa shape index (κ1) is 99.1. The van der Waals surface area contributed by atoms with E-state index in [9.17, 15) is 96.2 Å². The van der Waals surface area contributed by atoms with Crippen LogP contribution in [-0.4, -0.2) is 359 Å². The first-order chi connectivity index (χ1) is 58.7. The van der Waals surface area contributed by atoms with E-state index in [1.807, 2.05) is 24.3 Å². The molecule has 0 saturated heterocycles. The molecule has 0 spiro atoms. The Hall–Kier alpha value is -13.0. The standard InChI is InChI=1S/C85H116N18O22/c1-19-85(123)62-36-64-79-60(38-103(64)82(120)61(62)50-124-83(85)121)58(59-25-22-23-26-63(59)88-79)32-34-101(52(4)5)84(122)125-49-55-28-29-57(87-80(118)53(6)86-81(119)78(51(2)3)89-65(105)27-21-20-24-33-102-66(106)30-31-67(102)107)35-56(55)37-91(9)69(109)40-93(11)71(111)42-95(13)73(113)44-97(15)75(115)46-99(17)77(117)48-100(18)76(116)47-98(16)74(114)45-96(14)72(112)43-94(12)70(110)41-92(10)68(108)39-90(8)54(7)104/h22-23,25-26,28-31,35-36,51-53,78,123H,19-21,24,27,32-34,37-50H2,1-18H3,(H,86,119)(H,87,118)(H,89,105)/t53-,78-,85-/m0/s1. The summed E-state index contributed by atoms with van der Waals surface area (Å²) in [6.45, 7) is 6.13. The number of carbonyl (C=O) groups excluding carboxylic acids is 18. The first-order valence-electron chi connectivity index (χ1n) is 40.9. The number of likely N-dealkylation sites (N-methyl/N-ethyl adjacent to an activating group) is 11. The molecule has 40 heteroatoms. The topological polar surface area (TPSA) is 459 Å². The summed E-state index contributed by atoms with van der Waals surface area (Å²) in [7, 11) is 14.7. The lowest BCUT2D eigenvalue weighted by Crippen LogP contribution is -2.53. The lowest BCUT2D eigenvalue weighted by molar-refractivity contribution is -0.172. The van der Waals surface area contributed by atoms with Crippen LogP contribution in [0.3, 0.4) is 0 Å². The van der Waals surface area contributed by atoms with Gasteiger partial charge in [-0.2, -0.15) is 0 Å². The van der Waals surface area contributed by atoms with Gasteiger partial charge in [-0.1, -0.05) is 51.5 Å². The number of nitrogens with zero attached hydrogens (tertiary/aromatic N) is 15. The number of cyclic esters (lactones) is 1. The van der Waals surface area contributed by atoms with Crippen molar-refractivity contribution in [2.24, 2.45) is 5.92 Å². The average molecular weight is 1740 g/mol. The summed E-state index contributed by atoms with van der Waals surface area (Å²) in [5.74, 6) is -10.6. The number of aliphatic hydroxyl groups is 1. The zero-order chi connectivity index (χ0) is 93.1. The molecule has 3 aliphatic heterocycles. The van der Waals surface area contributed by atoms with Crippen molar-refractivity contribution in [1.82, 2.24) is 83.9 Å². The van der Waals surface area contributed by atoms with Crippen molar-refractivity contribution in [3.05, 3.63) is 104 Å². The number of hydrogen-bond acceptors (Lipinski definition) is 23.